The summed E-state index contributed by atoms with van der Waals surface area (Å²) in [6, 6.07) is 17.6. The molecule has 0 saturated heterocycles. The number of hydrogen-bond acceptors (Lipinski definition) is 8. The second kappa shape index (κ2) is 10.8. The van der Waals surface area contributed by atoms with Crippen LogP contribution in [0.5, 0.6) is 5.75 Å². The number of anilines is 3. The Morgan fingerprint density at radius 2 is 1.88 bits per heavy atom. The van der Waals surface area contributed by atoms with Crippen LogP contribution >= 0.6 is 23.2 Å². The highest BCUT2D eigenvalue weighted by Crippen LogP contribution is 2.42. The number of aromatic nitrogens is 1. The van der Waals surface area contributed by atoms with Crippen molar-refractivity contribution in [2.45, 2.75) is 43.3 Å². The van der Waals surface area contributed by atoms with Crippen molar-refractivity contribution in [3.8, 4) is 11.8 Å². The Morgan fingerprint density at radius 3 is 2.60 bits per heavy atom. The molecule has 1 aliphatic heterocycles. The second-order valence-electron chi connectivity index (χ2n) is 10.9. The van der Waals surface area contributed by atoms with E-state index >= 15 is 0 Å². The monoisotopic (exact) mass is 611 g/mol. The van der Waals surface area contributed by atoms with Gasteiger partial charge in [-0.2, -0.15) is 5.26 Å². The molecule has 4 N–H and O–H groups in total. The van der Waals surface area contributed by atoms with E-state index in [2.05, 4.69) is 32.6 Å². The van der Waals surface area contributed by atoms with Gasteiger partial charge in [-0.3, -0.25) is 9.99 Å². The Labute approximate surface area is 259 Å². The summed E-state index contributed by atoms with van der Waals surface area (Å²) in [5, 5.41) is 20.2. The molecule has 214 valence electrons. The first-order valence-electron chi connectivity index (χ1n) is 13.9. The Bertz CT molecular complexity index is 1810. The highest BCUT2D eigenvalue weighted by Gasteiger charge is 2.38. The van der Waals surface area contributed by atoms with E-state index in [1.807, 2.05) is 29.4 Å². The van der Waals surface area contributed by atoms with Gasteiger partial charge in [0.05, 0.1) is 49.7 Å². The molecule has 4 aromatic rings. The van der Waals surface area contributed by atoms with Crippen molar-refractivity contribution < 1.29 is 9.13 Å². The number of hydrazine groups is 2. The van der Waals surface area contributed by atoms with Gasteiger partial charge in [-0.25, -0.2) is 4.39 Å². The zero-order valence-electron chi connectivity index (χ0n) is 22.8. The summed E-state index contributed by atoms with van der Waals surface area (Å²) in [6.07, 6.45) is 7.58. The number of hydrogen-bond donors (Lipinski definition) is 4. The van der Waals surface area contributed by atoms with Crippen LogP contribution in [0.2, 0.25) is 10.0 Å². The number of para-hydroxylation sites is 1. The lowest BCUT2D eigenvalue weighted by molar-refractivity contribution is 0.260. The maximum Gasteiger partial charge on any atom is 0.161 e. The van der Waals surface area contributed by atoms with E-state index in [1.54, 1.807) is 24.3 Å². The molecular weight excluding hydrogens is 587 g/mol. The fraction of sp³-hybridized carbons (Fsp3) is 0.226. The molecule has 12 heteroatoms. The molecule has 0 bridgehead atoms. The van der Waals surface area contributed by atoms with E-state index in [1.165, 1.54) is 18.3 Å². The van der Waals surface area contributed by atoms with Crippen LogP contribution in [0, 0.1) is 17.1 Å². The average molecular weight is 612 g/mol. The van der Waals surface area contributed by atoms with E-state index in [9.17, 15) is 9.65 Å². The molecule has 2 heterocycles. The quantitative estimate of drug-likeness (QED) is 0.157. The highest BCUT2D eigenvalue weighted by atomic mass is 35.5. The van der Waals surface area contributed by atoms with Crippen molar-refractivity contribution in [2.24, 2.45) is 0 Å². The van der Waals surface area contributed by atoms with Crippen LogP contribution in [0.15, 0.2) is 72.7 Å². The highest BCUT2D eigenvalue weighted by molar-refractivity contribution is 6.36. The van der Waals surface area contributed by atoms with Crippen molar-refractivity contribution in [3.63, 3.8) is 0 Å². The zero-order valence-corrected chi connectivity index (χ0v) is 24.3. The van der Waals surface area contributed by atoms with Gasteiger partial charge in [0.15, 0.2) is 5.75 Å². The second-order valence-corrected chi connectivity index (χ2v) is 11.7. The standard InChI is InChI=1S/C31H25BCl2FN7O/c32-31(18-4-6-19(35)7-5-18,27-16-42(41-40-27)21-8-9-21)39-20-12-23-28(17(14-36)15-37-29(23)25(34)13-20)38-26-3-1-2-24(33)30(26)43-22-10-11-22/h1-7,12-13,15-16,21-22,39-41H,8-11H2,(H,37,38). The lowest BCUT2D eigenvalue weighted by Crippen LogP contribution is -2.45. The number of nitriles is 1. The number of halogens is 3. The van der Waals surface area contributed by atoms with Crippen LogP contribution in [-0.4, -0.2) is 30.0 Å². The van der Waals surface area contributed by atoms with Crippen LogP contribution in [0.25, 0.3) is 10.9 Å². The molecule has 2 fully saturated rings. The van der Waals surface area contributed by atoms with E-state index in [0.717, 1.165) is 25.7 Å². The minimum Gasteiger partial charge on any atom is -0.487 e. The van der Waals surface area contributed by atoms with Crippen LogP contribution in [0.3, 0.4) is 0 Å². The van der Waals surface area contributed by atoms with Gasteiger partial charge in [-0.1, -0.05) is 41.4 Å². The molecule has 1 unspecified atom stereocenters. The van der Waals surface area contributed by atoms with Gasteiger partial charge in [-0.05, 0) is 67.6 Å². The molecule has 2 radical (unpaired) electrons. The molecule has 43 heavy (non-hydrogen) atoms. The number of nitrogens with zero attached hydrogens (tertiary/aromatic N) is 3. The number of ether oxygens (including phenoxy) is 1. The van der Waals surface area contributed by atoms with Crippen molar-refractivity contribution in [1.82, 2.24) is 21.0 Å². The van der Waals surface area contributed by atoms with Gasteiger partial charge >= 0.3 is 0 Å². The van der Waals surface area contributed by atoms with Crippen molar-refractivity contribution >= 4 is 59.0 Å². The third-order valence-electron chi connectivity index (χ3n) is 7.67. The summed E-state index contributed by atoms with van der Waals surface area (Å²) in [5.41, 5.74) is 8.72. The van der Waals surface area contributed by atoms with Crippen molar-refractivity contribution in [2.75, 3.05) is 10.6 Å². The van der Waals surface area contributed by atoms with Crippen molar-refractivity contribution in [1.29, 1.82) is 5.26 Å². The molecule has 7 rings (SSSR count). The SMILES string of the molecule is [B]C(Nc1cc(Cl)c2ncc(C#N)c(Nc3cccc(Cl)c3OC3CC3)c2c1)(C1=CN(C2CC2)NN1)c1ccc(F)cc1. The van der Waals surface area contributed by atoms with Crippen LogP contribution in [0.4, 0.5) is 21.5 Å². The summed E-state index contributed by atoms with van der Waals surface area (Å²) in [7, 11) is 7.10. The van der Waals surface area contributed by atoms with Crippen LogP contribution in [0.1, 0.15) is 36.8 Å². The maximum absolute atomic E-state index is 13.9. The number of fused-ring (bicyclic) bond motifs is 1. The Balaban J connectivity index is 1.32. The fourth-order valence-electron chi connectivity index (χ4n) is 5.08. The van der Waals surface area contributed by atoms with Crippen molar-refractivity contribution in [3.05, 3.63) is 99.7 Å². The summed E-state index contributed by atoms with van der Waals surface area (Å²) < 4.78 is 20.0. The molecule has 0 amide bonds. The summed E-state index contributed by atoms with van der Waals surface area (Å²) in [4.78, 5) is 4.48. The molecule has 2 saturated carbocycles. The van der Waals surface area contributed by atoms with Gasteiger partial charge in [0.2, 0.25) is 0 Å². The first kappa shape index (κ1) is 27.7. The third kappa shape index (κ3) is 5.40. The molecule has 0 spiro atoms. The Kier molecular flexibility index (Phi) is 6.97. The van der Waals surface area contributed by atoms with Crippen LogP contribution < -0.4 is 26.3 Å². The molecule has 1 aromatic heterocycles. The van der Waals surface area contributed by atoms with Gasteiger partial charge in [0.1, 0.15) is 19.7 Å². The van der Waals surface area contributed by atoms with Gasteiger partial charge in [-0.15, -0.1) is 5.53 Å². The maximum atomic E-state index is 13.9. The fourth-order valence-corrected chi connectivity index (χ4v) is 5.57. The number of benzene rings is 3. The summed E-state index contributed by atoms with van der Waals surface area (Å²) in [5.74, 6) is 0.146. The lowest BCUT2D eigenvalue weighted by atomic mass is 9.69. The minimum absolute atomic E-state index is 0.114. The number of nitrogens with one attached hydrogen (secondary N) is 4. The molecule has 3 aromatic carbocycles. The topological polar surface area (TPSA) is 97.3 Å². The smallest absolute Gasteiger partial charge is 0.161 e. The predicted octanol–water partition coefficient (Wildman–Crippen LogP) is 6.60. The average Bonchev–Trinajstić information content (AvgIpc) is 3.94. The van der Waals surface area contributed by atoms with E-state index in [4.69, 9.17) is 35.8 Å². The van der Waals surface area contributed by atoms with E-state index in [0.29, 0.717) is 66.6 Å². The van der Waals surface area contributed by atoms with E-state index < -0.39 is 5.44 Å². The van der Waals surface area contributed by atoms with E-state index in [-0.39, 0.29) is 11.9 Å². The number of rotatable bonds is 9. The Hall–Kier alpha value is -4.17. The first-order valence-corrected chi connectivity index (χ1v) is 14.7. The normalized spacial score (nSPS) is 17.5. The molecular formula is C31H25BCl2FN7O. The molecule has 2 aliphatic carbocycles. The van der Waals surface area contributed by atoms with Gasteiger partial charge in [0.25, 0.3) is 0 Å². The van der Waals surface area contributed by atoms with Crippen LogP contribution in [-0.2, 0) is 5.44 Å². The largest absolute Gasteiger partial charge is 0.487 e. The molecule has 3 aliphatic rings. The van der Waals surface area contributed by atoms with Gasteiger partial charge < -0.3 is 20.8 Å². The third-order valence-corrected chi connectivity index (χ3v) is 8.26. The predicted molar refractivity (Wildman–Crippen MR) is 167 cm³/mol. The summed E-state index contributed by atoms with van der Waals surface area (Å²) >= 11 is 13.3. The molecule has 8 nitrogen and oxygen atoms in total. The molecule has 1 atom stereocenters. The summed E-state index contributed by atoms with van der Waals surface area (Å²) in [6.45, 7) is 0. The Morgan fingerprint density at radius 1 is 1.09 bits per heavy atom. The number of pyridine rings is 1. The lowest BCUT2D eigenvalue weighted by Gasteiger charge is -2.34. The minimum atomic E-state index is -1.31. The first-order chi connectivity index (χ1) is 20.8. The zero-order chi connectivity index (χ0) is 29.7. The van der Waals surface area contributed by atoms with Gasteiger partial charge in [0, 0.05) is 29.5 Å².